The molecule has 178 valence electrons. The fourth-order valence-electron chi connectivity index (χ4n) is 3.51. The van der Waals surface area contributed by atoms with E-state index >= 15 is 0 Å². The van der Waals surface area contributed by atoms with E-state index in [9.17, 15) is 18.0 Å². The molecule has 4 aromatic rings. The van der Waals surface area contributed by atoms with E-state index in [1.807, 2.05) is 55.5 Å². The van der Waals surface area contributed by atoms with E-state index in [-0.39, 0.29) is 6.42 Å². The minimum atomic E-state index is -4.42. The Balaban J connectivity index is 1.53. The molecule has 2 N–H and O–H groups in total. The van der Waals surface area contributed by atoms with Gasteiger partial charge in [-0.3, -0.25) is 15.6 Å². The van der Waals surface area contributed by atoms with Crippen LogP contribution in [0.3, 0.4) is 0 Å². The lowest BCUT2D eigenvalue weighted by Crippen LogP contribution is -2.31. The van der Waals surface area contributed by atoms with Gasteiger partial charge in [0.05, 0.1) is 12.0 Å². The topological polar surface area (TPSA) is 66.9 Å². The molecule has 0 unspecified atom stereocenters. The number of carbonyl (C=O) groups is 1. The second-order valence-corrected chi connectivity index (χ2v) is 9.10. The SMILES string of the molecule is Cc1ccccc1-c1nnc(NNC(=O)Cc2ccc(C(F)(F)F)cc2)cc1-c1ccc(I)cc1. The summed E-state index contributed by atoms with van der Waals surface area (Å²) < 4.78 is 39.3. The lowest BCUT2D eigenvalue weighted by Gasteiger charge is -2.14. The van der Waals surface area contributed by atoms with Gasteiger partial charge >= 0.3 is 6.18 Å². The number of nitrogens with zero attached hydrogens (tertiary/aromatic N) is 2. The van der Waals surface area contributed by atoms with Gasteiger partial charge in [0.25, 0.3) is 0 Å². The number of nitrogens with one attached hydrogen (secondary N) is 2. The first-order valence-corrected chi connectivity index (χ1v) is 11.7. The number of benzene rings is 3. The average molecular weight is 588 g/mol. The van der Waals surface area contributed by atoms with E-state index in [0.29, 0.717) is 17.1 Å². The van der Waals surface area contributed by atoms with E-state index in [1.165, 1.54) is 12.1 Å². The molecule has 0 saturated carbocycles. The number of carbonyl (C=O) groups excluding carboxylic acids is 1. The predicted molar refractivity (Wildman–Crippen MR) is 137 cm³/mol. The van der Waals surface area contributed by atoms with Crippen LogP contribution in [0, 0.1) is 10.5 Å². The van der Waals surface area contributed by atoms with Gasteiger partial charge in [-0.25, -0.2) is 0 Å². The van der Waals surface area contributed by atoms with Crippen molar-refractivity contribution in [2.24, 2.45) is 0 Å². The summed E-state index contributed by atoms with van der Waals surface area (Å²) in [6.07, 6.45) is -4.51. The van der Waals surface area contributed by atoms with Crippen LogP contribution in [0.2, 0.25) is 0 Å². The van der Waals surface area contributed by atoms with Gasteiger partial charge in [-0.1, -0.05) is 48.5 Å². The second kappa shape index (κ2) is 10.4. The highest BCUT2D eigenvalue weighted by molar-refractivity contribution is 14.1. The number of halogens is 4. The van der Waals surface area contributed by atoms with Crippen LogP contribution in [0.1, 0.15) is 16.7 Å². The van der Waals surface area contributed by atoms with E-state index in [0.717, 1.165) is 38.0 Å². The molecule has 0 aliphatic heterocycles. The van der Waals surface area contributed by atoms with E-state index < -0.39 is 17.6 Å². The Kier molecular flexibility index (Phi) is 7.34. The van der Waals surface area contributed by atoms with Crippen molar-refractivity contribution in [3.63, 3.8) is 0 Å². The zero-order valence-corrected chi connectivity index (χ0v) is 20.7. The molecule has 0 aliphatic rings. The molecule has 0 spiro atoms. The molecular formula is C26H20F3IN4O. The lowest BCUT2D eigenvalue weighted by molar-refractivity contribution is -0.137. The molecule has 0 radical (unpaired) electrons. The van der Waals surface area contributed by atoms with Crippen molar-refractivity contribution in [3.8, 4) is 22.4 Å². The predicted octanol–water partition coefficient (Wildman–Crippen LogP) is 6.43. The number of alkyl halides is 3. The number of hydrazine groups is 1. The summed E-state index contributed by atoms with van der Waals surface area (Å²) in [5, 5.41) is 8.65. The summed E-state index contributed by atoms with van der Waals surface area (Å²) >= 11 is 2.24. The van der Waals surface area contributed by atoms with Crippen molar-refractivity contribution < 1.29 is 18.0 Å². The van der Waals surface area contributed by atoms with Gasteiger partial charge < -0.3 is 0 Å². The van der Waals surface area contributed by atoms with E-state index in [1.54, 1.807) is 6.07 Å². The van der Waals surface area contributed by atoms with Gasteiger partial charge in [0.1, 0.15) is 5.69 Å². The van der Waals surface area contributed by atoms with Crippen LogP contribution in [0.5, 0.6) is 0 Å². The molecule has 0 fully saturated rings. The van der Waals surface area contributed by atoms with Gasteiger partial charge in [0, 0.05) is 14.7 Å². The molecule has 1 heterocycles. The summed E-state index contributed by atoms with van der Waals surface area (Å²) in [5.74, 6) is -0.0954. The van der Waals surface area contributed by atoms with Gasteiger partial charge in [-0.2, -0.15) is 13.2 Å². The number of aryl methyl sites for hydroxylation is 1. The highest BCUT2D eigenvalue weighted by Crippen LogP contribution is 2.33. The average Bonchev–Trinajstić information content (AvgIpc) is 2.83. The molecule has 3 aromatic carbocycles. The summed E-state index contributed by atoms with van der Waals surface area (Å²) in [6.45, 7) is 2.00. The maximum atomic E-state index is 12.7. The monoisotopic (exact) mass is 588 g/mol. The summed E-state index contributed by atoms with van der Waals surface area (Å²) in [6, 6.07) is 22.1. The Bertz CT molecular complexity index is 1340. The zero-order chi connectivity index (χ0) is 25.0. The smallest absolute Gasteiger partial charge is 0.280 e. The normalized spacial score (nSPS) is 11.2. The molecule has 35 heavy (non-hydrogen) atoms. The third-order valence-electron chi connectivity index (χ3n) is 5.33. The standard InChI is InChI=1S/C26H20F3IN4O/c1-16-4-2-3-5-21(16)25-22(18-8-12-20(30)13-9-18)15-23(32-34-25)31-33-24(35)14-17-6-10-19(11-7-17)26(27,28)29/h2-13,15H,14H2,1H3,(H,31,32)(H,33,35). The Hall–Kier alpha value is -3.47. The molecule has 1 aromatic heterocycles. The van der Waals surface area contributed by atoms with E-state index in [2.05, 4.69) is 43.6 Å². The third-order valence-corrected chi connectivity index (χ3v) is 6.04. The molecule has 0 aliphatic carbocycles. The van der Waals surface area contributed by atoms with Crippen LogP contribution in [-0.4, -0.2) is 16.1 Å². The molecule has 5 nitrogen and oxygen atoms in total. The summed E-state index contributed by atoms with van der Waals surface area (Å²) in [7, 11) is 0. The maximum Gasteiger partial charge on any atom is 0.416 e. The van der Waals surface area contributed by atoms with Gasteiger partial charge in [-0.05, 0) is 76.5 Å². The van der Waals surface area contributed by atoms with Crippen molar-refractivity contribution in [1.29, 1.82) is 0 Å². The first kappa shape index (κ1) is 24.6. The first-order chi connectivity index (χ1) is 16.7. The van der Waals surface area contributed by atoms with Gasteiger partial charge in [-0.15, -0.1) is 10.2 Å². The minimum absolute atomic E-state index is 0.0934. The number of aromatic nitrogens is 2. The highest BCUT2D eigenvalue weighted by Gasteiger charge is 2.30. The molecule has 0 bridgehead atoms. The lowest BCUT2D eigenvalue weighted by atomic mass is 9.97. The van der Waals surface area contributed by atoms with Crippen LogP contribution >= 0.6 is 22.6 Å². The van der Waals surface area contributed by atoms with Crippen LogP contribution in [0.15, 0.2) is 78.9 Å². The number of hydrogen-bond acceptors (Lipinski definition) is 4. The molecule has 0 atom stereocenters. The first-order valence-electron chi connectivity index (χ1n) is 10.6. The minimum Gasteiger partial charge on any atom is -0.280 e. The number of amides is 1. The third kappa shape index (κ3) is 6.16. The number of anilines is 1. The van der Waals surface area contributed by atoms with Crippen LogP contribution in [-0.2, 0) is 17.4 Å². The molecule has 0 saturated heterocycles. The van der Waals surface area contributed by atoms with Crippen LogP contribution in [0.25, 0.3) is 22.4 Å². The second-order valence-electron chi connectivity index (χ2n) is 7.86. The molecule has 1 amide bonds. The van der Waals surface area contributed by atoms with Crippen LogP contribution in [0.4, 0.5) is 19.0 Å². The fraction of sp³-hybridized carbons (Fsp3) is 0.115. The Morgan fingerprint density at radius 2 is 1.60 bits per heavy atom. The number of rotatable bonds is 6. The summed E-state index contributed by atoms with van der Waals surface area (Å²) in [5.41, 5.74) is 9.49. The molecule has 4 rings (SSSR count). The van der Waals surface area contributed by atoms with E-state index in [4.69, 9.17) is 0 Å². The summed E-state index contributed by atoms with van der Waals surface area (Å²) in [4.78, 5) is 12.3. The van der Waals surface area contributed by atoms with Crippen LogP contribution < -0.4 is 10.9 Å². The Labute approximate surface area is 213 Å². The van der Waals surface area contributed by atoms with Crippen molar-refractivity contribution in [2.45, 2.75) is 19.5 Å². The number of hydrogen-bond donors (Lipinski definition) is 2. The fourth-order valence-corrected chi connectivity index (χ4v) is 3.87. The van der Waals surface area contributed by atoms with Crippen molar-refractivity contribution in [1.82, 2.24) is 15.6 Å². The Morgan fingerprint density at radius 1 is 0.914 bits per heavy atom. The highest BCUT2D eigenvalue weighted by atomic mass is 127. The molecule has 9 heteroatoms. The molecular weight excluding hydrogens is 568 g/mol. The zero-order valence-electron chi connectivity index (χ0n) is 18.5. The Morgan fingerprint density at radius 3 is 2.26 bits per heavy atom. The quantitative estimate of drug-likeness (QED) is 0.201. The van der Waals surface area contributed by atoms with Gasteiger partial charge in [0.2, 0.25) is 5.91 Å². The van der Waals surface area contributed by atoms with Crippen molar-refractivity contribution in [2.75, 3.05) is 5.43 Å². The van der Waals surface area contributed by atoms with Gasteiger partial charge in [0.15, 0.2) is 5.82 Å². The maximum absolute atomic E-state index is 12.7. The largest absolute Gasteiger partial charge is 0.416 e. The van der Waals surface area contributed by atoms with Crippen molar-refractivity contribution >= 4 is 34.3 Å². The van der Waals surface area contributed by atoms with Crippen molar-refractivity contribution in [3.05, 3.63) is 99.1 Å².